The molecule has 0 unspecified atom stereocenters. The molecule has 0 saturated carbocycles. The summed E-state index contributed by atoms with van der Waals surface area (Å²) in [6, 6.07) is 7.33. The van der Waals surface area contributed by atoms with Crippen LogP contribution in [0.3, 0.4) is 0 Å². The first-order chi connectivity index (χ1) is 9.27. The van der Waals surface area contributed by atoms with E-state index in [0.717, 1.165) is 19.3 Å². The fourth-order valence-electron chi connectivity index (χ4n) is 1.53. The van der Waals surface area contributed by atoms with E-state index in [2.05, 4.69) is 16.7 Å². The van der Waals surface area contributed by atoms with Gasteiger partial charge in [-0.3, -0.25) is 4.89 Å². The zero-order valence-electron chi connectivity index (χ0n) is 11.6. The van der Waals surface area contributed by atoms with Gasteiger partial charge in [0.05, 0.1) is 12.2 Å². The molecule has 0 aliphatic rings. The van der Waals surface area contributed by atoms with Crippen molar-refractivity contribution in [3.63, 3.8) is 0 Å². The Labute approximate surface area is 114 Å². The van der Waals surface area contributed by atoms with Crippen LogP contribution in [0.15, 0.2) is 24.3 Å². The Hall–Kier alpha value is -1.39. The number of aryl methyl sites for hydroxylation is 1. The summed E-state index contributed by atoms with van der Waals surface area (Å²) in [6.45, 7) is 6.41. The van der Waals surface area contributed by atoms with Crippen LogP contribution in [0.2, 0.25) is 0 Å². The maximum atomic E-state index is 11.6. The number of carbonyl (C=O) groups excluding carboxylic acids is 1. The Bertz CT molecular complexity index is 359. The van der Waals surface area contributed by atoms with Crippen molar-refractivity contribution in [2.24, 2.45) is 0 Å². The monoisotopic (exact) mass is 265 g/mol. The SMILES string of the molecule is CCCOC[CH]OOC(=O)c1ccc(CCC)cc1. The second kappa shape index (κ2) is 9.53. The van der Waals surface area contributed by atoms with Crippen LogP contribution in [0, 0.1) is 6.61 Å². The molecule has 0 spiro atoms. The molecule has 4 nitrogen and oxygen atoms in total. The van der Waals surface area contributed by atoms with E-state index >= 15 is 0 Å². The average molecular weight is 265 g/mol. The molecule has 1 aromatic carbocycles. The van der Waals surface area contributed by atoms with Crippen molar-refractivity contribution >= 4 is 5.97 Å². The van der Waals surface area contributed by atoms with E-state index < -0.39 is 5.97 Å². The zero-order chi connectivity index (χ0) is 13.9. The van der Waals surface area contributed by atoms with Crippen molar-refractivity contribution in [3.05, 3.63) is 42.0 Å². The molecule has 0 aliphatic heterocycles. The van der Waals surface area contributed by atoms with Crippen LogP contribution >= 0.6 is 0 Å². The van der Waals surface area contributed by atoms with E-state index in [1.54, 1.807) is 12.1 Å². The van der Waals surface area contributed by atoms with Gasteiger partial charge in [0.15, 0.2) is 6.61 Å². The van der Waals surface area contributed by atoms with Crippen molar-refractivity contribution in [2.75, 3.05) is 13.2 Å². The minimum absolute atomic E-state index is 0.302. The van der Waals surface area contributed by atoms with E-state index in [1.807, 2.05) is 19.1 Å². The van der Waals surface area contributed by atoms with Gasteiger partial charge in [0.25, 0.3) is 0 Å². The Morgan fingerprint density at radius 1 is 1.16 bits per heavy atom. The number of hydrogen-bond donors (Lipinski definition) is 0. The lowest BCUT2D eigenvalue weighted by molar-refractivity contribution is -0.218. The first-order valence-corrected chi connectivity index (χ1v) is 6.64. The summed E-state index contributed by atoms with van der Waals surface area (Å²) in [4.78, 5) is 20.9. The number of rotatable bonds is 9. The lowest BCUT2D eigenvalue weighted by Crippen LogP contribution is -2.07. The molecule has 0 aliphatic carbocycles. The second-order valence-corrected chi connectivity index (χ2v) is 4.16. The summed E-state index contributed by atoms with van der Waals surface area (Å²) in [6.07, 6.45) is 3.03. The predicted molar refractivity (Wildman–Crippen MR) is 72.3 cm³/mol. The van der Waals surface area contributed by atoms with Crippen LogP contribution in [-0.2, 0) is 20.9 Å². The van der Waals surface area contributed by atoms with E-state index in [1.165, 1.54) is 12.2 Å². The molecule has 1 aromatic rings. The van der Waals surface area contributed by atoms with Crippen LogP contribution in [0.5, 0.6) is 0 Å². The van der Waals surface area contributed by atoms with Gasteiger partial charge in [-0.1, -0.05) is 32.4 Å². The van der Waals surface area contributed by atoms with Crippen LogP contribution in [0.1, 0.15) is 42.6 Å². The van der Waals surface area contributed by atoms with Gasteiger partial charge in [-0.15, -0.1) is 0 Å². The molecule has 1 rings (SSSR count). The maximum absolute atomic E-state index is 11.6. The molecule has 0 fully saturated rings. The van der Waals surface area contributed by atoms with Crippen molar-refractivity contribution in [1.82, 2.24) is 0 Å². The zero-order valence-corrected chi connectivity index (χ0v) is 11.6. The lowest BCUT2D eigenvalue weighted by Gasteiger charge is -2.04. The molecule has 0 amide bonds. The fraction of sp³-hybridized carbons (Fsp3) is 0.467. The van der Waals surface area contributed by atoms with Crippen LogP contribution < -0.4 is 0 Å². The summed E-state index contributed by atoms with van der Waals surface area (Å²) >= 11 is 0. The Morgan fingerprint density at radius 3 is 2.53 bits per heavy atom. The standard InChI is InChI=1S/C15H21O4/c1-3-5-13-6-8-14(9-7-13)15(16)19-18-12-11-17-10-4-2/h6-9,12H,3-5,10-11H2,1-2H3. The molecule has 0 heterocycles. The minimum Gasteiger partial charge on any atom is -0.378 e. The topological polar surface area (TPSA) is 44.8 Å². The molecular formula is C15H21O4. The van der Waals surface area contributed by atoms with E-state index in [9.17, 15) is 4.79 Å². The molecule has 1 radical (unpaired) electrons. The minimum atomic E-state index is -0.505. The van der Waals surface area contributed by atoms with Gasteiger partial charge in [0.2, 0.25) is 0 Å². The smallest absolute Gasteiger partial charge is 0.373 e. The van der Waals surface area contributed by atoms with Gasteiger partial charge in [0, 0.05) is 6.61 Å². The summed E-state index contributed by atoms with van der Waals surface area (Å²) in [7, 11) is 0. The van der Waals surface area contributed by atoms with Crippen molar-refractivity contribution in [1.29, 1.82) is 0 Å². The Morgan fingerprint density at radius 2 is 1.89 bits per heavy atom. The van der Waals surface area contributed by atoms with E-state index in [4.69, 9.17) is 4.74 Å². The highest BCUT2D eigenvalue weighted by molar-refractivity contribution is 5.88. The van der Waals surface area contributed by atoms with Crippen LogP contribution in [0.25, 0.3) is 0 Å². The predicted octanol–water partition coefficient (Wildman–Crippen LogP) is 3.32. The molecule has 0 saturated heterocycles. The highest BCUT2D eigenvalue weighted by Crippen LogP contribution is 2.08. The van der Waals surface area contributed by atoms with E-state index in [-0.39, 0.29) is 0 Å². The first-order valence-electron chi connectivity index (χ1n) is 6.64. The van der Waals surface area contributed by atoms with Gasteiger partial charge < -0.3 is 4.74 Å². The van der Waals surface area contributed by atoms with Gasteiger partial charge in [-0.25, -0.2) is 4.79 Å². The molecule has 0 N–H and O–H groups in total. The third kappa shape index (κ3) is 6.36. The van der Waals surface area contributed by atoms with Crippen molar-refractivity contribution in [2.45, 2.75) is 33.1 Å². The molecule has 19 heavy (non-hydrogen) atoms. The molecule has 0 bridgehead atoms. The lowest BCUT2D eigenvalue weighted by atomic mass is 10.1. The van der Waals surface area contributed by atoms with E-state index in [0.29, 0.717) is 18.8 Å². The third-order valence-corrected chi connectivity index (χ3v) is 2.45. The van der Waals surface area contributed by atoms with Gasteiger partial charge in [-0.2, -0.15) is 4.89 Å². The van der Waals surface area contributed by atoms with Gasteiger partial charge in [-0.05, 0) is 30.5 Å². The number of carbonyl (C=O) groups is 1. The molecule has 4 heteroatoms. The first kappa shape index (κ1) is 15.7. The van der Waals surface area contributed by atoms with Crippen LogP contribution in [0.4, 0.5) is 0 Å². The van der Waals surface area contributed by atoms with Gasteiger partial charge in [0.1, 0.15) is 0 Å². The maximum Gasteiger partial charge on any atom is 0.373 e. The largest absolute Gasteiger partial charge is 0.378 e. The summed E-state index contributed by atoms with van der Waals surface area (Å²) in [5, 5.41) is 0. The summed E-state index contributed by atoms with van der Waals surface area (Å²) in [5.74, 6) is -0.505. The molecule has 0 aromatic heterocycles. The third-order valence-electron chi connectivity index (χ3n) is 2.45. The molecule has 0 atom stereocenters. The van der Waals surface area contributed by atoms with Crippen molar-refractivity contribution < 1.29 is 19.3 Å². The number of benzene rings is 1. The summed E-state index contributed by atoms with van der Waals surface area (Å²) < 4.78 is 5.14. The fourth-order valence-corrected chi connectivity index (χ4v) is 1.53. The van der Waals surface area contributed by atoms with Crippen molar-refractivity contribution in [3.8, 4) is 0 Å². The number of ether oxygens (including phenoxy) is 1. The molecular weight excluding hydrogens is 244 g/mol. The Balaban J connectivity index is 2.25. The molecule has 105 valence electrons. The highest BCUT2D eigenvalue weighted by atomic mass is 17.2. The average Bonchev–Trinajstić information content (AvgIpc) is 2.43. The summed E-state index contributed by atoms with van der Waals surface area (Å²) in [5.41, 5.74) is 1.68. The Kier molecular flexibility index (Phi) is 7.86. The number of hydrogen-bond acceptors (Lipinski definition) is 4. The normalized spacial score (nSPS) is 10.4. The highest BCUT2D eigenvalue weighted by Gasteiger charge is 2.08. The quantitative estimate of drug-likeness (QED) is 0.390. The van der Waals surface area contributed by atoms with Gasteiger partial charge >= 0.3 is 5.97 Å². The van der Waals surface area contributed by atoms with Crippen LogP contribution in [-0.4, -0.2) is 19.2 Å². The second-order valence-electron chi connectivity index (χ2n) is 4.16.